The number of aromatic carboxylic acids is 1. The van der Waals surface area contributed by atoms with Crippen LogP contribution in [0.4, 0.5) is 0 Å². The summed E-state index contributed by atoms with van der Waals surface area (Å²) < 4.78 is 5.67. The SMILES string of the molecule is N#C/C(=C\c1ccc(-c2ccc(Cl)c(C(=O)O)c2)o1)C(=O)NCCCc1ccccc1. The Morgan fingerprint density at radius 3 is 2.61 bits per heavy atom. The number of nitrogens with zero attached hydrogens (tertiary/aromatic N) is 1. The summed E-state index contributed by atoms with van der Waals surface area (Å²) >= 11 is 5.89. The van der Waals surface area contributed by atoms with Crippen molar-refractivity contribution in [2.45, 2.75) is 12.8 Å². The second-order valence-corrected chi connectivity index (χ2v) is 7.12. The van der Waals surface area contributed by atoms with Gasteiger partial charge in [0.05, 0.1) is 10.6 Å². The van der Waals surface area contributed by atoms with Crippen LogP contribution in [-0.2, 0) is 11.2 Å². The number of nitriles is 1. The fourth-order valence-electron chi connectivity index (χ4n) is 2.95. The molecule has 0 spiro atoms. The first-order chi connectivity index (χ1) is 15.0. The molecule has 31 heavy (non-hydrogen) atoms. The monoisotopic (exact) mass is 434 g/mol. The second-order valence-electron chi connectivity index (χ2n) is 6.72. The second kappa shape index (κ2) is 10.3. The van der Waals surface area contributed by atoms with Crippen LogP contribution in [0.25, 0.3) is 17.4 Å². The van der Waals surface area contributed by atoms with Gasteiger partial charge in [0, 0.05) is 18.2 Å². The van der Waals surface area contributed by atoms with Crippen LogP contribution in [0.2, 0.25) is 5.02 Å². The third kappa shape index (κ3) is 5.84. The molecule has 1 amide bonds. The number of halogens is 1. The predicted molar refractivity (Wildman–Crippen MR) is 117 cm³/mol. The van der Waals surface area contributed by atoms with Gasteiger partial charge in [0.2, 0.25) is 0 Å². The maximum absolute atomic E-state index is 12.3. The molecule has 2 aromatic carbocycles. The van der Waals surface area contributed by atoms with Crippen molar-refractivity contribution >= 4 is 29.6 Å². The molecule has 0 unspecified atom stereocenters. The lowest BCUT2D eigenvalue weighted by Crippen LogP contribution is -2.25. The molecule has 0 atom stereocenters. The van der Waals surface area contributed by atoms with Crippen LogP contribution in [-0.4, -0.2) is 23.5 Å². The summed E-state index contributed by atoms with van der Waals surface area (Å²) in [6, 6.07) is 19.6. The predicted octanol–water partition coefficient (Wildman–Crippen LogP) is 4.95. The summed E-state index contributed by atoms with van der Waals surface area (Å²) in [6.07, 6.45) is 2.93. The van der Waals surface area contributed by atoms with Crippen molar-refractivity contribution in [3.63, 3.8) is 0 Å². The van der Waals surface area contributed by atoms with Gasteiger partial charge in [-0.25, -0.2) is 4.79 Å². The Morgan fingerprint density at radius 1 is 1.13 bits per heavy atom. The third-order valence-corrected chi connectivity index (χ3v) is 4.86. The lowest BCUT2D eigenvalue weighted by atomic mass is 10.1. The molecule has 0 saturated heterocycles. The first-order valence-corrected chi connectivity index (χ1v) is 9.92. The van der Waals surface area contributed by atoms with Gasteiger partial charge >= 0.3 is 5.97 Å². The van der Waals surface area contributed by atoms with Crippen molar-refractivity contribution in [3.8, 4) is 17.4 Å². The number of rotatable bonds is 8. The minimum absolute atomic E-state index is 0.0414. The Morgan fingerprint density at radius 2 is 1.90 bits per heavy atom. The number of hydrogen-bond acceptors (Lipinski definition) is 4. The molecule has 0 radical (unpaired) electrons. The number of carbonyl (C=O) groups excluding carboxylic acids is 1. The Bertz CT molecular complexity index is 1160. The molecule has 3 aromatic rings. The lowest BCUT2D eigenvalue weighted by Gasteiger charge is -2.04. The van der Waals surface area contributed by atoms with E-state index in [-0.39, 0.29) is 16.2 Å². The van der Waals surface area contributed by atoms with E-state index in [2.05, 4.69) is 5.32 Å². The quantitative estimate of drug-likeness (QED) is 0.296. The largest absolute Gasteiger partial charge is 0.478 e. The zero-order valence-electron chi connectivity index (χ0n) is 16.5. The molecule has 156 valence electrons. The van der Waals surface area contributed by atoms with Crippen LogP contribution in [0.3, 0.4) is 0 Å². The van der Waals surface area contributed by atoms with Gasteiger partial charge in [-0.2, -0.15) is 5.26 Å². The first-order valence-electron chi connectivity index (χ1n) is 9.55. The maximum Gasteiger partial charge on any atom is 0.337 e. The standard InChI is InChI=1S/C24H19ClN2O4/c25-21-10-8-17(14-20(21)24(29)30)22-11-9-19(31-22)13-18(15-26)23(28)27-12-4-7-16-5-2-1-3-6-16/h1-3,5-6,8-11,13-14H,4,7,12H2,(H,27,28)(H,29,30)/b18-13+. The van der Waals surface area contributed by atoms with Crippen molar-refractivity contribution in [2.75, 3.05) is 6.54 Å². The minimum Gasteiger partial charge on any atom is -0.478 e. The number of carbonyl (C=O) groups is 2. The number of carboxylic acids is 1. The van der Waals surface area contributed by atoms with Gasteiger partial charge in [-0.05, 0) is 48.7 Å². The molecule has 0 fully saturated rings. The normalized spacial score (nSPS) is 11.0. The number of amides is 1. The summed E-state index contributed by atoms with van der Waals surface area (Å²) in [7, 11) is 0. The van der Waals surface area contributed by atoms with E-state index in [4.69, 9.17) is 16.0 Å². The van der Waals surface area contributed by atoms with E-state index >= 15 is 0 Å². The fourth-order valence-corrected chi connectivity index (χ4v) is 3.15. The van der Waals surface area contributed by atoms with Gasteiger partial charge in [0.1, 0.15) is 23.2 Å². The molecule has 0 aliphatic rings. The van der Waals surface area contributed by atoms with Crippen molar-refractivity contribution in [2.24, 2.45) is 0 Å². The molecule has 0 aliphatic carbocycles. The smallest absolute Gasteiger partial charge is 0.337 e. The molecular formula is C24H19ClN2O4. The molecule has 0 saturated carbocycles. The van der Waals surface area contributed by atoms with Crippen LogP contribution < -0.4 is 5.32 Å². The van der Waals surface area contributed by atoms with Crippen molar-refractivity contribution < 1.29 is 19.1 Å². The molecule has 0 bridgehead atoms. The average Bonchev–Trinajstić information content (AvgIpc) is 3.24. The van der Waals surface area contributed by atoms with Gasteiger partial charge in [-0.3, -0.25) is 4.79 Å². The fraction of sp³-hybridized carbons (Fsp3) is 0.125. The highest BCUT2D eigenvalue weighted by Gasteiger charge is 2.13. The summed E-state index contributed by atoms with van der Waals surface area (Å²) in [4.78, 5) is 23.6. The summed E-state index contributed by atoms with van der Waals surface area (Å²) in [5, 5.41) is 21.4. The maximum atomic E-state index is 12.3. The first kappa shape index (κ1) is 21.9. The van der Waals surface area contributed by atoms with Crippen molar-refractivity contribution in [1.29, 1.82) is 5.26 Å². The number of carboxylic acid groups (broad SMARTS) is 1. The Balaban J connectivity index is 1.64. The summed E-state index contributed by atoms with van der Waals surface area (Å²) in [5.74, 6) is -0.925. The number of aryl methyl sites for hydroxylation is 1. The zero-order chi connectivity index (χ0) is 22.2. The third-order valence-electron chi connectivity index (χ3n) is 4.53. The number of nitrogens with one attached hydrogen (secondary N) is 1. The Labute approximate surface area is 184 Å². The van der Waals surface area contributed by atoms with Gasteiger partial charge < -0.3 is 14.8 Å². The number of furan rings is 1. The molecule has 2 N–H and O–H groups in total. The zero-order valence-corrected chi connectivity index (χ0v) is 17.2. The van der Waals surface area contributed by atoms with Crippen LogP contribution in [0, 0.1) is 11.3 Å². The number of hydrogen-bond donors (Lipinski definition) is 2. The molecule has 1 aromatic heterocycles. The molecular weight excluding hydrogens is 416 g/mol. The van der Waals surface area contributed by atoms with Gasteiger partial charge in [-0.15, -0.1) is 0 Å². The molecule has 7 heteroatoms. The van der Waals surface area contributed by atoms with E-state index in [9.17, 15) is 20.0 Å². The summed E-state index contributed by atoms with van der Waals surface area (Å²) in [5.41, 5.74) is 1.58. The molecule has 6 nitrogen and oxygen atoms in total. The van der Waals surface area contributed by atoms with E-state index in [1.807, 2.05) is 36.4 Å². The van der Waals surface area contributed by atoms with Crippen molar-refractivity contribution in [1.82, 2.24) is 5.32 Å². The highest BCUT2D eigenvalue weighted by Crippen LogP contribution is 2.27. The molecule has 3 rings (SSSR count). The van der Waals surface area contributed by atoms with E-state index in [0.717, 1.165) is 12.8 Å². The van der Waals surface area contributed by atoms with Gasteiger partial charge in [0.15, 0.2) is 0 Å². The summed E-state index contributed by atoms with van der Waals surface area (Å²) in [6.45, 7) is 0.443. The van der Waals surface area contributed by atoms with Gasteiger partial charge in [0.25, 0.3) is 5.91 Å². The molecule has 0 aliphatic heterocycles. The van der Waals surface area contributed by atoms with Crippen molar-refractivity contribution in [3.05, 3.63) is 88.1 Å². The van der Waals surface area contributed by atoms with Crippen LogP contribution in [0.5, 0.6) is 0 Å². The van der Waals surface area contributed by atoms with E-state index in [0.29, 0.717) is 23.6 Å². The van der Waals surface area contributed by atoms with Crippen LogP contribution >= 0.6 is 11.6 Å². The Hall–Kier alpha value is -3.82. The van der Waals surface area contributed by atoms with Crippen LogP contribution in [0.15, 0.2) is 70.7 Å². The van der Waals surface area contributed by atoms with E-state index in [1.54, 1.807) is 18.2 Å². The topological polar surface area (TPSA) is 103 Å². The minimum atomic E-state index is -1.14. The average molecular weight is 435 g/mol. The van der Waals surface area contributed by atoms with Crippen LogP contribution in [0.1, 0.15) is 28.1 Å². The van der Waals surface area contributed by atoms with Gasteiger partial charge in [-0.1, -0.05) is 41.9 Å². The highest BCUT2D eigenvalue weighted by molar-refractivity contribution is 6.33. The Kier molecular flexibility index (Phi) is 7.26. The van der Waals surface area contributed by atoms with E-state index in [1.165, 1.54) is 23.8 Å². The number of benzene rings is 2. The molecule has 1 heterocycles. The highest BCUT2D eigenvalue weighted by atomic mass is 35.5. The van der Waals surface area contributed by atoms with E-state index < -0.39 is 11.9 Å². The lowest BCUT2D eigenvalue weighted by molar-refractivity contribution is -0.117.